The molecule has 2 atom stereocenters. The van der Waals surface area contributed by atoms with E-state index in [0.717, 1.165) is 6.42 Å². The van der Waals surface area contributed by atoms with Crippen molar-refractivity contribution in [1.82, 2.24) is 4.31 Å². The van der Waals surface area contributed by atoms with Gasteiger partial charge in [-0.05, 0) is 30.2 Å². The number of carbonyl (C=O) groups is 1. The first-order valence-electron chi connectivity index (χ1n) is 8.31. The van der Waals surface area contributed by atoms with E-state index in [1.807, 2.05) is 13.8 Å². The highest BCUT2D eigenvalue weighted by atomic mass is 32.2. The Morgan fingerprint density at radius 2 is 1.96 bits per heavy atom. The zero-order chi connectivity index (χ0) is 17.8. The molecule has 3 rings (SSSR count). The number of nitrogens with zero attached hydrogens (tertiary/aromatic N) is 1. The topological polar surface area (TPSA) is 54.5 Å². The van der Waals surface area contributed by atoms with Crippen molar-refractivity contribution in [3.05, 3.63) is 35.6 Å². The monoisotopic (exact) mass is 353 g/mol. The zero-order valence-electron chi connectivity index (χ0n) is 14.4. The maximum atomic E-state index is 13.8. The summed E-state index contributed by atoms with van der Waals surface area (Å²) >= 11 is 0. The molecule has 2 aliphatic rings. The van der Waals surface area contributed by atoms with Crippen LogP contribution in [0.4, 0.5) is 4.39 Å². The summed E-state index contributed by atoms with van der Waals surface area (Å²) in [6.07, 6.45) is 2.03. The number of rotatable bonds is 5. The molecule has 1 aromatic rings. The van der Waals surface area contributed by atoms with Gasteiger partial charge in [0, 0.05) is 31.0 Å². The molecule has 0 amide bonds. The molecule has 0 saturated heterocycles. The van der Waals surface area contributed by atoms with Gasteiger partial charge in [-0.3, -0.25) is 4.79 Å². The van der Waals surface area contributed by atoms with Crippen LogP contribution in [0.15, 0.2) is 24.3 Å². The average Bonchev–Trinajstić information content (AvgIpc) is 2.83. The van der Waals surface area contributed by atoms with Gasteiger partial charge in [0.05, 0.1) is 5.75 Å². The van der Waals surface area contributed by atoms with Crippen molar-refractivity contribution in [3.63, 3.8) is 0 Å². The van der Waals surface area contributed by atoms with Crippen molar-refractivity contribution in [2.45, 2.75) is 39.7 Å². The number of benzene rings is 1. The molecule has 2 bridgehead atoms. The summed E-state index contributed by atoms with van der Waals surface area (Å²) in [5.41, 5.74) is -0.752. The molecule has 1 aromatic carbocycles. The van der Waals surface area contributed by atoms with Gasteiger partial charge in [0.15, 0.2) is 0 Å². The SMILES string of the molecule is CN(Cc1ccccc1F)S(=O)(=O)C[C@@]12CC[C@@H](CC1=O)C2(C)C. The lowest BCUT2D eigenvalue weighted by molar-refractivity contribution is -0.128. The van der Waals surface area contributed by atoms with Gasteiger partial charge in [-0.1, -0.05) is 32.0 Å². The highest BCUT2D eigenvalue weighted by Crippen LogP contribution is 2.64. The van der Waals surface area contributed by atoms with E-state index in [9.17, 15) is 17.6 Å². The molecule has 0 aromatic heterocycles. The van der Waals surface area contributed by atoms with E-state index in [4.69, 9.17) is 0 Å². The van der Waals surface area contributed by atoms with Crippen LogP contribution in [0.5, 0.6) is 0 Å². The Balaban J connectivity index is 1.84. The second-order valence-corrected chi connectivity index (χ2v) is 9.85. The highest BCUT2D eigenvalue weighted by molar-refractivity contribution is 7.89. The molecule has 2 saturated carbocycles. The van der Waals surface area contributed by atoms with Crippen LogP contribution in [-0.2, 0) is 21.4 Å². The lowest BCUT2D eigenvalue weighted by Crippen LogP contribution is -2.45. The summed E-state index contributed by atoms with van der Waals surface area (Å²) in [6, 6.07) is 6.16. The second kappa shape index (κ2) is 5.63. The molecule has 0 radical (unpaired) electrons. The smallest absolute Gasteiger partial charge is 0.215 e. The second-order valence-electron chi connectivity index (χ2n) is 7.77. The number of Topliss-reactive ketones (excluding diaryl/α,β-unsaturated/α-hetero) is 1. The van der Waals surface area contributed by atoms with Gasteiger partial charge < -0.3 is 0 Å². The Morgan fingerprint density at radius 1 is 1.29 bits per heavy atom. The van der Waals surface area contributed by atoms with E-state index in [1.165, 1.54) is 17.4 Å². The minimum atomic E-state index is -3.66. The van der Waals surface area contributed by atoms with Crippen LogP contribution < -0.4 is 0 Å². The third-order valence-corrected chi connectivity index (χ3v) is 8.33. The van der Waals surface area contributed by atoms with E-state index < -0.39 is 21.3 Å². The van der Waals surface area contributed by atoms with Crippen molar-refractivity contribution in [3.8, 4) is 0 Å². The zero-order valence-corrected chi connectivity index (χ0v) is 15.2. The van der Waals surface area contributed by atoms with Gasteiger partial charge >= 0.3 is 0 Å². The van der Waals surface area contributed by atoms with E-state index in [0.29, 0.717) is 18.4 Å². The Labute approximate surface area is 143 Å². The number of hydrogen-bond donors (Lipinski definition) is 0. The normalized spacial score (nSPS) is 28.7. The molecule has 0 unspecified atom stereocenters. The van der Waals surface area contributed by atoms with Crippen molar-refractivity contribution >= 4 is 15.8 Å². The Morgan fingerprint density at radius 3 is 2.50 bits per heavy atom. The Hall–Kier alpha value is -1.27. The first-order chi connectivity index (χ1) is 11.1. The van der Waals surface area contributed by atoms with Gasteiger partial charge in [0.1, 0.15) is 11.6 Å². The average molecular weight is 353 g/mol. The van der Waals surface area contributed by atoms with Gasteiger partial charge in [-0.2, -0.15) is 0 Å². The number of carbonyl (C=O) groups excluding carboxylic acids is 1. The lowest BCUT2D eigenvalue weighted by Gasteiger charge is -2.37. The number of halogens is 1. The number of ketones is 1. The standard InChI is InChI=1S/C18H24FNO3S/c1-17(2)14-8-9-18(17,16(21)10-14)12-24(22,23)20(3)11-13-6-4-5-7-15(13)19/h4-7,14H,8-12H2,1-3H3/t14-,18-/m0/s1. The largest absolute Gasteiger partial charge is 0.299 e. The van der Waals surface area contributed by atoms with Crippen LogP contribution in [-0.4, -0.2) is 31.3 Å². The first-order valence-corrected chi connectivity index (χ1v) is 9.92. The fourth-order valence-corrected chi connectivity index (χ4v) is 6.35. The maximum absolute atomic E-state index is 13.8. The lowest BCUT2D eigenvalue weighted by atomic mass is 9.70. The third kappa shape index (κ3) is 2.51. The third-order valence-electron chi connectivity index (χ3n) is 6.39. The molecule has 4 nitrogen and oxygen atoms in total. The predicted molar refractivity (Wildman–Crippen MR) is 90.2 cm³/mol. The van der Waals surface area contributed by atoms with Crippen LogP contribution in [0.2, 0.25) is 0 Å². The summed E-state index contributed by atoms with van der Waals surface area (Å²) in [4.78, 5) is 12.5. The van der Waals surface area contributed by atoms with E-state index in [1.54, 1.807) is 18.2 Å². The molecule has 0 aliphatic heterocycles. The fourth-order valence-electron chi connectivity index (χ4n) is 4.49. The summed E-state index contributed by atoms with van der Waals surface area (Å²) < 4.78 is 40.7. The van der Waals surface area contributed by atoms with E-state index >= 15 is 0 Å². The van der Waals surface area contributed by atoms with Crippen LogP contribution in [0.3, 0.4) is 0 Å². The van der Waals surface area contributed by atoms with Gasteiger partial charge in [-0.25, -0.2) is 17.1 Å². The molecular weight excluding hydrogens is 329 g/mol. The van der Waals surface area contributed by atoms with Crippen molar-refractivity contribution < 1.29 is 17.6 Å². The van der Waals surface area contributed by atoms with E-state index in [2.05, 4.69) is 0 Å². The number of hydrogen-bond acceptors (Lipinski definition) is 3. The van der Waals surface area contributed by atoms with Crippen molar-refractivity contribution in [2.24, 2.45) is 16.7 Å². The van der Waals surface area contributed by atoms with E-state index in [-0.39, 0.29) is 29.4 Å². The quantitative estimate of drug-likeness (QED) is 0.818. The van der Waals surface area contributed by atoms with Gasteiger partial charge in [0.2, 0.25) is 10.0 Å². The van der Waals surface area contributed by atoms with Crippen LogP contribution in [0.1, 0.15) is 38.7 Å². The van der Waals surface area contributed by atoms with Crippen LogP contribution >= 0.6 is 0 Å². The highest BCUT2D eigenvalue weighted by Gasteiger charge is 2.65. The summed E-state index contributed by atoms with van der Waals surface area (Å²) in [7, 11) is -2.21. The Bertz CT molecular complexity index is 774. The fraction of sp³-hybridized carbons (Fsp3) is 0.611. The molecule has 0 spiro atoms. The summed E-state index contributed by atoms with van der Waals surface area (Å²) in [5, 5.41) is 0. The molecular formula is C18H24FNO3S. The minimum absolute atomic E-state index is 0.0247. The molecule has 24 heavy (non-hydrogen) atoms. The number of sulfonamides is 1. The van der Waals surface area contributed by atoms with Gasteiger partial charge in [0.25, 0.3) is 0 Å². The maximum Gasteiger partial charge on any atom is 0.215 e. The summed E-state index contributed by atoms with van der Waals surface area (Å²) in [5.74, 6) is -0.243. The van der Waals surface area contributed by atoms with Crippen LogP contribution in [0.25, 0.3) is 0 Å². The number of fused-ring (bicyclic) bond motifs is 2. The Kier molecular flexibility index (Phi) is 4.12. The molecule has 2 aliphatic carbocycles. The molecule has 132 valence electrons. The molecule has 2 fully saturated rings. The first kappa shape index (κ1) is 17.5. The van der Waals surface area contributed by atoms with Crippen LogP contribution in [0, 0.1) is 22.6 Å². The van der Waals surface area contributed by atoms with Gasteiger partial charge in [-0.15, -0.1) is 0 Å². The summed E-state index contributed by atoms with van der Waals surface area (Å²) in [6.45, 7) is 4.01. The predicted octanol–water partition coefficient (Wildman–Crippen LogP) is 2.98. The van der Waals surface area contributed by atoms with Crippen molar-refractivity contribution in [1.29, 1.82) is 0 Å². The van der Waals surface area contributed by atoms with Crippen molar-refractivity contribution in [2.75, 3.05) is 12.8 Å². The molecule has 6 heteroatoms. The minimum Gasteiger partial charge on any atom is -0.299 e. The molecule has 0 N–H and O–H groups in total. The molecule has 0 heterocycles.